The predicted molar refractivity (Wildman–Crippen MR) is 108 cm³/mol. The lowest BCUT2D eigenvalue weighted by Crippen LogP contribution is -2.15. The highest BCUT2D eigenvalue weighted by atomic mass is 16.5. The average molecular weight is 397 g/mol. The van der Waals surface area contributed by atoms with Crippen LogP contribution in [0.3, 0.4) is 0 Å². The van der Waals surface area contributed by atoms with E-state index in [0.717, 1.165) is 22.1 Å². The molecule has 7 heteroatoms. The van der Waals surface area contributed by atoms with Gasteiger partial charge in [0.05, 0.1) is 14.2 Å². The fourth-order valence-corrected chi connectivity index (χ4v) is 3.21. The standard InChI is InChI=1S/C22H23NO6/c1-4-14-8-16-15(9-21(25)29-20(16)10-18(14)24)12-23-11-13-5-6-19(27-2)17(7-13)22(26)28-3/h5-10,23-24H,4,11-12H2,1-3H3. The summed E-state index contributed by atoms with van der Waals surface area (Å²) in [4.78, 5) is 23.8. The van der Waals surface area contributed by atoms with Crippen LogP contribution in [0, 0.1) is 0 Å². The summed E-state index contributed by atoms with van der Waals surface area (Å²) in [7, 11) is 2.81. The summed E-state index contributed by atoms with van der Waals surface area (Å²) < 4.78 is 15.2. The number of nitrogens with one attached hydrogen (secondary N) is 1. The summed E-state index contributed by atoms with van der Waals surface area (Å²) in [5.74, 6) is 0.0864. The van der Waals surface area contributed by atoms with Crippen molar-refractivity contribution in [3.8, 4) is 11.5 Å². The van der Waals surface area contributed by atoms with Crippen molar-refractivity contribution >= 4 is 16.9 Å². The maximum absolute atomic E-state index is 11.9. The van der Waals surface area contributed by atoms with Gasteiger partial charge in [0, 0.05) is 30.6 Å². The Morgan fingerprint density at radius 1 is 1.10 bits per heavy atom. The molecule has 0 saturated heterocycles. The van der Waals surface area contributed by atoms with E-state index in [-0.39, 0.29) is 5.75 Å². The average Bonchev–Trinajstić information content (AvgIpc) is 2.72. The van der Waals surface area contributed by atoms with E-state index in [1.165, 1.54) is 26.4 Å². The number of benzene rings is 2. The summed E-state index contributed by atoms with van der Waals surface area (Å²) in [6, 6.07) is 10.0. The van der Waals surface area contributed by atoms with Crippen LogP contribution in [0.2, 0.25) is 0 Å². The molecule has 3 aromatic rings. The SMILES string of the molecule is CCc1cc2c(CNCc3ccc(OC)c(C(=O)OC)c3)cc(=O)oc2cc1O. The lowest BCUT2D eigenvalue weighted by atomic mass is 10.0. The Hall–Kier alpha value is -3.32. The van der Waals surface area contributed by atoms with Gasteiger partial charge >= 0.3 is 11.6 Å². The molecule has 2 N–H and O–H groups in total. The minimum atomic E-state index is -0.477. The highest BCUT2D eigenvalue weighted by molar-refractivity contribution is 5.92. The second kappa shape index (κ2) is 8.79. The van der Waals surface area contributed by atoms with E-state index in [2.05, 4.69) is 5.32 Å². The van der Waals surface area contributed by atoms with E-state index < -0.39 is 11.6 Å². The summed E-state index contributed by atoms with van der Waals surface area (Å²) in [6.07, 6.45) is 0.663. The molecule has 0 bridgehead atoms. The molecule has 0 saturated carbocycles. The zero-order valence-corrected chi connectivity index (χ0v) is 16.6. The predicted octanol–water partition coefficient (Wildman–Crippen LogP) is 3.15. The molecule has 0 atom stereocenters. The number of phenols is 1. The molecule has 0 amide bonds. The van der Waals surface area contributed by atoms with Crippen molar-refractivity contribution in [1.29, 1.82) is 0 Å². The molecule has 3 rings (SSSR count). The molecule has 1 heterocycles. The quantitative estimate of drug-likeness (QED) is 0.467. The molecular formula is C22H23NO6. The Morgan fingerprint density at radius 3 is 2.59 bits per heavy atom. The lowest BCUT2D eigenvalue weighted by molar-refractivity contribution is 0.0597. The first-order valence-electron chi connectivity index (χ1n) is 9.21. The fraction of sp³-hybridized carbons (Fsp3) is 0.273. The van der Waals surface area contributed by atoms with Crippen molar-refractivity contribution in [1.82, 2.24) is 5.32 Å². The third-order valence-electron chi connectivity index (χ3n) is 4.72. The van der Waals surface area contributed by atoms with Gasteiger partial charge < -0.3 is 24.3 Å². The van der Waals surface area contributed by atoms with Gasteiger partial charge in [-0.25, -0.2) is 9.59 Å². The fourth-order valence-electron chi connectivity index (χ4n) is 3.21. The minimum absolute atomic E-state index is 0.113. The van der Waals surface area contributed by atoms with Gasteiger partial charge in [-0.2, -0.15) is 0 Å². The van der Waals surface area contributed by atoms with E-state index in [9.17, 15) is 14.7 Å². The van der Waals surface area contributed by atoms with Crippen molar-refractivity contribution < 1.29 is 23.8 Å². The number of phenolic OH excluding ortho intramolecular Hbond substituents is 1. The summed E-state index contributed by atoms with van der Waals surface area (Å²) in [5.41, 5.74) is 2.64. The van der Waals surface area contributed by atoms with E-state index >= 15 is 0 Å². The molecule has 0 aliphatic carbocycles. The van der Waals surface area contributed by atoms with Gasteiger partial charge in [0.2, 0.25) is 0 Å². The molecule has 0 fully saturated rings. The molecular weight excluding hydrogens is 374 g/mol. The second-order valence-corrected chi connectivity index (χ2v) is 6.55. The van der Waals surface area contributed by atoms with Crippen LogP contribution in [0.5, 0.6) is 11.5 Å². The molecule has 0 aliphatic rings. The number of aromatic hydroxyl groups is 1. The van der Waals surface area contributed by atoms with Gasteiger partial charge in [0.1, 0.15) is 22.6 Å². The van der Waals surface area contributed by atoms with Crippen LogP contribution in [0.25, 0.3) is 11.0 Å². The Balaban J connectivity index is 1.83. The second-order valence-electron chi connectivity index (χ2n) is 6.55. The van der Waals surface area contributed by atoms with Crippen LogP contribution in [0.1, 0.15) is 34.0 Å². The van der Waals surface area contributed by atoms with E-state index in [1.54, 1.807) is 12.1 Å². The molecule has 29 heavy (non-hydrogen) atoms. The van der Waals surface area contributed by atoms with Crippen LogP contribution in [0.15, 0.2) is 45.6 Å². The highest BCUT2D eigenvalue weighted by Crippen LogP contribution is 2.27. The monoisotopic (exact) mass is 397 g/mol. The molecule has 0 aliphatic heterocycles. The van der Waals surface area contributed by atoms with Gasteiger partial charge in [-0.15, -0.1) is 0 Å². The number of carbonyl (C=O) groups is 1. The van der Waals surface area contributed by atoms with E-state index in [4.69, 9.17) is 13.9 Å². The topological polar surface area (TPSA) is 98.0 Å². The Bertz CT molecular complexity index is 1100. The molecule has 152 valence electrons. The highest BCUT2D eigenvalue weighted by Gasteiger charge is 2.14. The number of hydrogen-bond acceptors (Lipinski definition) is 7. The lowest BCUT2D eigenvalue weighted by Gasteiger charge is -2.11. The third kappa shape index (κ3) is 4.41. The number of esters is 1. The van der Waals surface area contributed by atoms with Crippen molar-refractivity contribution in [3.05, 3.63) is 69.1 Å². The zero-order chi connectivity index (χ0) is 21.0. The van der Waals surface area contributed by atoms with Crippen molar-refractivity contribution in [3.63, 3.8) is 0 Å². The Labute approximate surface area is 167 Å². The number of hydrogen-bond donors (Lipinski definition) is 2. The number of ether oxygens (including phenoxy) is 2. The van der Waals surface area contributed by atoms with E-state index in [1.807, 2.05) is 19.1 Å². The maximum atomic E-state index is 11.9. The molecule has 0 radical (unpaired) electrons. The smallest absolute Gasteiger partial charge is 0.341 e. The maximum Gasteiger partial charge on any atom is 0.341 e. The van der Waals surface area contributed by atoms with Gasteiger partial charge in [-0.05, 0) is 41.3 Å². The van der Waals surface area contributed by atoms with Gasteiger partial charge in [0.15, 0.2) is 0 Å². The number of rotatable bonds is 7. The Kier molecular flexibility index (Phi) is 6.19. The third-order valence-corrected chi connectivity index (χ3v) is 4.72. The zero-order valence-electron chi connectivity index (χ0n) is 16.6. The first-order valence-corrected chi connectivity index (χ1v) is 9.21. The van der Waals surface area contributed by atoms with Gasteiger partial charge in [-0.3, -0.25) is 0 Å². The van der Waals surface area contributed by atoms with Crippen LogP contribution in [-0.4, -0.2) is 25.3 Å². The molecule has 7 nitrogen and oxygen atoms in total. The largest absolute Gasteiger partial charge is 0.508 e. The van der Waals surface area contributed by atoms with Crippen LogP contribution in [-0.2, 0) is 24.2 Å². The Morgan fingerprint density at radius 2 is 1.90 bits per heavy atom. The first-order chi connectivity index (χ1) is 14.0. The molecule has 0 spiro atoms. The number of carbonyl (C=O) groups excluding carboxylic acids is 1. The van der Waals surface area contributed by atoms with Crippen molar-refractivity contribution in [2.45, 2.75) is 26.4 Å². The minimum Gasteiger partial charge on any atom is -0.508 e. The number of fused-ring (bicyclic) bond motifs is 1. The summed E-state index contributed by atoms with van der Waals surface area (Å²) in [6.45, 7) is 2.82. The van der Waals surface area contributed by atoms with Crippen LogP contribution >= 0.6 is 0 Å². The van der Waals surface area contributed by atoms with E-state index in [0.29, 0.717) is 36.4 Å². The molecule has 2 aromatic carbocycles. The summed E-state index contributed by atoms with van der Waals surface area (Å²) in [5, 5.41) is 14.1. The van der Waals surface area contributed by atoms with Crippen LogP contribution in [0.4, 0.5) is 0 Å². The summed E-state index contributed by atoms with van der Waals surface area (Å²) >= 11 is 0. The number of methoxy groups -OCH3 is 2. The molecule has 0 unspecified atom stereocenters. The number of aryl methyl sites for hydroxylation is 1. The van der Waals surface area contributed by atoms with Crippen molar-refractivity contribution in [2.75, 3.05) is 14.2 Å². The first kappa shape index (κ1) is 20.4. The van der Waals surface area contributed by atoms with Crippen LogP contribution < -0.4 is 15.7 Å². The van der Waals surface area contributed by atoms with Gasteiger partial charge in [-0.1, -0.05) is 13.0 Å². The normalized spacial score (nSPS) is 10.9. The van der Waals surface area contributed by atoms with Gasteiger partial charge in [0.25, 0.3) is 0 Å². The van der Waals surface area contributed by atoms with Crippen molar-refractivity contribution in [2.24, 2.45) is 0 Å². The molecule has 1 aromatic heterocycles.